The Morgan fingerprint density at radius 1 is 0.929 bits per heavy atom. The highest BCUT2D eigenvalue weighted by Gasteiger charge is 2.47. The lowest BCUT2D eigenvalue weighted by atomic mass is 9.51. The van der Waals surface area contributed by atoms with Gasteiger partial charge in [-0.25, -0.2) is 13.1 Å². The molecule has 0 radical (unpaired) electrons. The van der Waals surface area contributed by atoms with Crippen LogP contribution in [-0.2, 0) is 10.0 Å². The van der Waals surface area contributed by atoms with E-state index in [0.717, 1.165) is 35.5 Å². The topological polar surface area (TPSA) is 55.4 Å². The Morgan fingerprint density at radius 2 is 1.57 bits per heavy atom. The van der Waals surface area contributed by atoms with Gasteiger partial charge in [0.25, 0.3) is 0 Å². The lowest BCUT2D eigenvalue weighted by Crippen LogP contribution is -2.46. The van der Waals surface area contributed by atoms with Crippen LogP contribution in [-0.4, -0.2) is 22.1 Å². The van der Waals surface area contributed by atoms with E-state index in [9.17, 15) is 8.42 Å². The van der Waals surface area contributed by atoms with E-state index in [1.807, 2.05) is 24.3 Å². The Labute approximate surface area is 167 Å². The first-order valence-corrected chi connectivity index (χ1v) is 12.1. The summed E-state index contributed by atoms with van der Waals surface area (Å²) < 4.78 is 34.4. The van der Waals surface area contributed by atoms with Crippen LogP contribution in [0.5, 0.6) is 5.75 Å². The van der Waals surface area contributed by atoms with Crippen LogP contribution in [0.25, 0.3) is 10.8 Å². The molecule has 6 rings (SSSR count). The number of nitrogens with one attached hydrogen (secondary N) is 1. The Balaban J connectivity index is 1.31. The van der Waals surface area contributed by atoms with E-state index < -0.39 is 10.0 Å². The Bertz CT molecular complexity index is 957. The first-order valence-electron chi connectivity index (χ1n) is 10.6. The van der Waals surface area contributed by atoms with Crippen molar-refractivity contribution in [1.29, 1.82) is 0 Å². The van der Waals surface area contributed by atoms with Crippen molar-refractivity contribution in [2.24, 2.45) is 29.6 Å². The molecule has 2 aromatic rings. The van der Waals surface area contributed by atoms with E-state index in [4.69, 9.17) is 4.74 Å². The summed E-state index contributed by atoms with van der Waals surface area (Å²) in [6, 6.07) is 10.9. The van der Waals surface area contributed by atoms with E-state index in [1.54, 1.807) is 19.2 Å². The second-order valence-electron chi connectivity index (χ2n) is 9.09. The fourth-order valence-electron chi connectivity index (χ4n) is 6.60. The van der Waals surface area contributed by atoms with Crippen molar-refractivity contribution >= 4 is 20.8 Å². The SMILES string of the molecule is COc1ccc(S(=O)(=O)NCCC2C3CC4CC(C3)CC2C4)c2ccccc12. The largest absolute Gasteiger partial charge is 0.496 e. The zero-order valence-electron chi connectivity index (χ0n) is 16.4. The number of sulfonamides is 1. The summed E-state index contributed by atoms with van der Waals surface area (Å²) in [5.41, 5.74) is 0. The van der Waals surface area contributed by atoms with Gasteiger partial charge in [0.15, 0.2) is 0 Å². The van der Waals surface area contributed by atoms with Gasteiger partial charge in [0.05, 0.1) is 12.0 Å². The van der Waals surface area contributed by atoms with Crippen LogP contribution in [0.15, 0.2) is 41.3 Å². The number of fused-ring (bicyclic) bond motifs is 1. The van der Waals surface area contributed by atoms with Gasteiger partial charge in [-0.1, -0.05) is 24.3 Å². The van der Waals surface area contributed by atoms with Gasteiger partial charge in [-0.3, -0.25) is 0 Å². The second kappa shape index (κ2) is 7.03. The summed E-state index contributed by atoms with van der Waals surface area (Å²) in [7, 11) is -1.93. The molecule has 4 fully saturated rings. The van der Waals surface area contributed by atoms with Gasteiger partial charge in [0, 0.05) is 17.3 Å². The van der Waals surface area contributed by atoms with Gasteiger partial charge in [0.1, 0.15) is 5.75 Å². The van der Waals surface area contributed by atoms with Crippen LogP contribution in [0.2, 0.25) is 0 Å². The molecule has 4 bridgehead atoms. The Hall–Kier alpha value is -1.59. The van der Waals surface area contributed by atoms with Crippen LogP contribution in [0.4, 0.5) is 0 Å². The van der Waals surface area contributed by atoms with Gasteiger partial charge in [-0.05, 0) is 80.2 Å². The molecule has 4 aliphatic rings. The van der Waals surface area contributed by atoms with Gasteiger partial charge in [0.2, 0.25) is 10.0 Å². The van der Waals surface area contributed by atoms with Crippen LogP contribution in [0.1, 0.15) is 38.5 Å². The molecule has 0 heterocycles. The molecule has 0 saturated heterocycles. The Morgan fingerprint density at radius 3 is 2.21 bits per heavy atom. The zero-order valence-corrected chi connectivity index (χ0v) is 17.3. The van der Waals surface area contributed by atoms with E-state index >= 15 is 0 Å². The Kier molecular flexibility index (Phi) is 4.63. The van der Waals surface area contributed by atoms with E-state index in [2.05, 4.69) is 4.72 Å². The quantitative estimate of drug-likeness (QED) is 0.773. The summed E-state index contributed by atoms with van der Waals surface area (Å²) in [6.07, 6.45) is 7.96. The standard InChI is InChI=1S/C23H29NO3S/c1-27-22-6-7-23(21-5-3-2-4-20(21)22)28(25,26)24-9-8-19-17-11-15-10-16(13-17)14-18(19)12-15/h2-7,15-19,24H,8-14H2,1H3. The number of ether oxygens (including phenoxy) is 1. The van der Waals surface area contributed by atoms with Crippen LogP contribution >= 0.6 is 0 Å². The number of benzene rings is 2. The summed E-state index contributed by atoms with van der Waals surface area (Å²) in [4.78, 5) is 0.342. The van der Waals surface area contributed by atoms with Crippen molar-refractivity contribution < 1.29 is 13.2 Å². The summed E-state index contributed by atoms with van der Waals surface area (Å²) in [6.45, 7) is 0.537. The predicted octanol–water partition coefficient (Wildman–Crippen LogP) is 4.59. The van der Waals surface area contributed by atoms with Gasteiger partial charge < -0.3 is 4.74 Å². The van der Waals surface area contributed by atoms with Crippen molar-refractivity contribution in [2.75, 3.05) is 13.7 Å². The maximum atomic E-state index is 13.0. The molecule has 1 N–H and O–H groups in total. The maximum absolute atomic E-state index is 13.0. The number of rotatable bonds is 6. The van der Waals surface area contributed by atoms with Crippen LogP contribution in [0, 0.1) is 29.6 Å². The molecule has 4 nitrogen and oxygen atoms in total. The van der Waals surface area contributed by atoms with Crippen molar-refractivity contribution in [3.8, 4) is 5.75 Å². The minimum atomic E-state index is -3.54. The molecule has 0 spiro atoms. The number of hydrogen-bond donors (Lipinski definition) is 1. The third kappa shape index (κ3) is 3.13. The van der Waals surface area contributed by atoms with E-state index in [0.29, 0.717) is 28.5 Å². The average Bonchev–Trinajstić information content (AvgIpc) is 2.68. The molecule has 0 aliphatic heterocycles. The fourth-order valence-corrected chi connectivity index (χ4v) is 7.86. The highest BCUT2D eigenvalue weighted by atomic mass is 32.2. The highest BCUT2D eigenvalue weighted by Crippen LogP contribution is 2.57. The van der Waals surface area contributed by atoms with Crippen LogP contribution in [0.3, 0.4) is 0 Å². The van der Waals surface area contributed by atoms with E-state index in [-0.39, 0.29) is 0 Å². The minimum absolute atomic E-state index is 0.342. The van der Waals surface area contributed by atoms with Gasteiger partial charge in [-0.15, -0.1) is 0 Å². The molecular weight excluding hydrogens is 370 g/mol. The minimum Gasteiger partial charge on any atom is -0.496 e. The summed E-state index contributed by atoms with van der Waals surface area (Å²) in [5.74, 6) is 5.00. The number of methoxy groups -OCH3 is 1. The first kappa shape index (κ1) is 18.4. The molecule has 0 unspecified atom stereocenters. The molecule has 150 valence electrons. The zero-order chi connectivity index (χ0) is 19.3. The molecular formula is C23H29NO3S. The lowest BCUT2D eigenvalue weighted by Gasteiger charge is -2.54. The average molecular weight is 400 g/mol. The summed E-state index contributed by atoms with van der Waals surface area (Å²) in [5, 5.41) is 1.54. The van der Waals surface area contributed by atoms with Gasteiger partial charge in [-0.2, -0.15) is 0 Å². The van der Waals surface area contributed by atoms with E-state index in [1.165, 1.54) is 32.1 Å². The molecule has 0 amide bonds. The molecule has 0 aromatic heterocycles. The monoisotopic (exact) mass is 399 g/mol. The fraction of sp³-hybridized carbons (Fsp3) is 0.565. The molecule has 4 aliphatic carbocycles. The molecule has 4 saturated carbocycles. The third-order valence-corrected chi connectivity index (χ3v) is 9.06. The third-order valence-electron chi connectivity index (χ3n) is 7.55. The van der Waals surface area contributed by atoms with Crippen molar-refractivity contribution in [1.82, 2.24) is 4.72 Å². The highest BCUT2D eigenvalue weighted by molar-refractivity contribution is 7.89. The molecule has 0 atom stereocenters. The first-order chi connectivity index (χ1) is 13.5. The van der Waals surface area contributed by atoms with Gasteiger partial charge >= 0.3 is 0 Å². The molecule has 28 heavy (non-hydrogen) atoms. The molecule has 5 heteroatoms. The predicted molar refractivity (Wildman–Crippen MR) is 111 cm³/mol. The lowest BCUT2D eigenvalue weighted by molar-refractivity contribution is -0.0388. The van der Waals surface area contributed by atoms with Crippen molar-refractivity contribution in [3.05, 3.63) is 36.4 Å². The van der Waals surface area contributed by atoms with Crippen molar-refractivity contribution in [3.63, 3.8) is 0 Å². The van der Waals surface area contributed by atoms with Crippen molar-refractivity contribution in [2.45, 2.75) is 43.4 Å². The maximum Gasteiger partial charge on any atom is 0.241 e. The number of hydrogen-bond acceptors (Lipinski definition) is 3. The van der Waals surface area contributed by atoms with Crippen LogP contribution < -0.4 is 9.46 Å². The summed E-state index contributed by atoms with van der Waals surface area (Å²) >= 11 is 0. The smallest absolute Gasteiger partial charge is 0.241 e. The molecule has 2 aromatic carbocycles. The normalized spacial score (nSPS) is 31.4. The second-order valence-corrected chi connectivity index (χ2v) is 10.8.